The lowest BCUT2D eigenvalue weighted by Gasteiger charge is -2.14. The highest BCUT2D eigenvalue weighted by Gasteiger charge is 2.19. The maximum Gasteiger partial charge on any atom is 0.203 e. The number of aryl methyl sites for hydroxylation is 1. The van der Waals surface area contributed by atoms with Crippen molar-refractivity contribution in [2.75, 3.05) is 21.3 Å². The third-order valence-electron chi connectivity index (χ3n) is 4.07. The van der Waals surface area contributed by atoms with E-state index in [0.717, 1.165) is 11.3 Å². The minimum absolute atomic E-state index is 0.0743. The summed E-state index contributed by atoms with van der Waals surface area (Å²) in [6.07, 6.45) is 1.67. The second kappa shape index (κ2) is 7.25. The molecule has 0 spiro atoms. The molecule has 0 fully saturated rings. The number of methoxy groups -OCH3 is 3. The fourth-order valence-electron chi connectivity index (χ4n) is 2.84. The standard InChI is InChI=1S/C19H18ClFN2O3/c1-23-10-22-17(18(23)11-5-6-13(20)14(21)7-11)12-8-15(24-2)19(26-4)16(9-12)25-3/h5-10H,1-4H3. The second-order valence-electron chi connectivity index (χ2n) is 5.60. The molecule has 0 unspecified atom stereocenters. The van der Waals surface area contributed by atoms with E-state index in [0.29, 0.717) is 28.5 Å². The summed E-state index contributed by atoms with van der Waals surface area (Å²) in [5, 5.41) is 0.0743. The lowest BCUT2D eigenvalue weighted by atomic mass is 10.0. The van der Waals surface area contributed by atoms with Gasteiger partial charge in [-0.1, -0.05) is 17.7 Å². The lowest BCUT2D eigenvalue weighted by molar-refractivity contribution is 0.324. The van der Waals surface area contributed by atoms with E-state index in [2.05, 4.69) is 4.98 Å². The van der Waals surface area contributed by atoms with Crippen LogP contribution in [0.15, 0.2) is 36.7 Å². The van der Waals surface area contributed by atoms with Gasteiger partial charge in [0, 0.05) is 18.2 Å². The quantitative estimate of drug-likeness (QED) is 0.654. The number of hydrogen-bond donors (Lipinski definition) is 0. The van der Waals surface area contributed by atoms with Gasteiger partial charge in [0.15, 0.2) is 11.5 Å². The third-order valence-corrected chi connectivity index (χ3v) is 4.37. The van der Waals surface area contributed by atoms with Crippen molar-refractivity contribution in [1.82, 2.24) is 9.55 Å². The Hall–Kier alpha value is -2.73. The van der Waals surface area contributed by atoms with Crippen molar-refractivity contribution in [2.24, 2.45) is 7.05 Å². The van der Waals surface area contributed by atoms with Crippen LogP contribution in [0.25, 0.3) is 22.5 Å². The van der Waals surface area contributed by atoms with Crippen LogP contribution in [0.5, 0.6) is 17.2 Å². The molecule has 0 aliphatic heterocycles. The van der Waals surface area contributed by atoms with Crippen molar-refractivity contribution in [3.63, 3.8) is 0 Å². The number of halogens is 2. The summed E-state index contributed by atoms with van der Waals surface area (Å²) in [4.78, 5) is 4.48. The van der Waals surface area contributed by atoms with Crippen LogP contribution in [-0.4, -0.2) is 30.9 Å². The number of benzene rings is 2. The fraction of sp³-hybridized carbons (Fsp3) is 0.211. The average Bonchev–Trinajstić information content (AvgIpc) is 3.04. The monoisotopic (exact) mass is 376 g/mol. The Kier molecular flexibility index (Phi) is 5.04. The lowest BCUT2D eigenvalue weighted by Crippen LogP contribution is -1.97. The molecule has 0 saturated carbocycles. The topological polar surface area (TPSA) is 45.5 Å². The molecule has 0 radical (unpaired) electrons. The zero-order valence-electron chi connectivity index (χ0n) is 14.8. The van der Waals surface area contributed by atoms with Gasteiger partial charge in [0.2, 0.25) is 5.75 Å². The molecule has 3 rings (SSSR count). The van der Waals surface area contributed by atoms with Crippen molar-refractivity contribution in [3.8, 4) is 39.8 Å². The van der Waals surface area contributed by atoms with Crippen molar-refractivity contribution < 1.29 is 18.6 Å². The Morgan fingerprint density at radius 2 is 1.62 bits per heavy atom. The van der Waals surface area contributed by atoms with Crippen LogP contribution < -0.4 is 14.2 Å². The second-order valence-corrected chi connectivity index (χ2v) is 6.00. The molecule has 1 aromatic heterocycles. The summed E-state index contributed by atoms with van der Waals surface area (Å²) >= 11 is 5.81. The number of nitrogens with zero attached hydrogens (tertiary/aromatic N) is 2. The Morgan fingerprint density at radius 1 is 0.962 bits per heavy atom. The van der Waals surface area contributed by atoms with E-state index < -0.39 is 5.82 Å². The van der Waals surface area contributed by atoms with E-state index in [-0.39, 0.29) is 5.02 Å². The molecule has 7 heteroatoms. The highest BCUT2D eigenvalue weighted by molar-refractivity contribution is 6.30. The molecular weight excluding hydrogens is 359 g/mol. The van der Waals surface area contributed by atoms with Gasteiger partial charge in [-0.3, -0.25) is 0 Å². The minimum Gasteiger partial charge on any atom is -0.493 e. The summed E-state index contributed by atoms with van der Waals surface area (Å²) in [6.45, 7) is 0. The largest absolute Gasteiger partial charge is 0.493 e. The van der Waals surface area contributed by atoms with Crippen molar-refractivity contribution in [1.29, 1.82) is 0 Å². The number of hydrogen-bond acceptors (Lipinski definition) is 4. The maximum atomic E-state index is 14.0. The third kappa shape index (κ3) is 3.08. The van der Waals surface area contributed by atoms with E-state index in [4.69, 9.17) is 25.8 Å². The van der Waals surface area contributed by atoms with Crippen molar-refractivity contribution in [3.05, 3.63) is 47.5 Å². The highest BCUT2D eigenvalue weighted by atomic mass is 35.5. The molecule has 5 nitrogen and oxygen atoms in total. The van der Waals surface area contributed by atoms with Crippen molar-refractivity contribution in [2.45, 2.75) is 0 Å². The summed E-state index contributed by atoms with van der Waals surface area (Å²) in [7, 11) is 6.49. The van der Waals surface area contributed by atoms with Gasteiger partial charge >= 0.3 is 0 Å². The van der Waals surface area contributed by atoms with Crippen molar-refractivity contribution >= 4 is 11.6 Å². The molecule has 0 bridgehead atoms. The van der Waals surface area contributed by atoms with E-state index in [1.54, 1.807) is 45.9 Å². The Morgan fingerprint density at radius 3 is 2.15 bits per heavy atom. The van der Waals surface area contributed by atoms with Crippen LogP contribution in [0, 0.1) is 5.82 Å². The number of ether oxygens (including phenoxy) is 3. The number of aromatic nitrogens is 2. The fourth-order valence-corrected chi connectivity index (χ4v) is 2.96. The molecule has 0 saturated heterocycles. The summed E-state index contributed by atoms with van der Waals surface area (Å²) < 4.78 is 32.0. The smallest absolute Gasteiger partial charge is 0.203 e. The molecule has 1 heterocycles. The Labute approximate surface area is 155 Å². The van der Waals surface area contributed by atoms with E-state index >= 15 is 0 Å². The van der Waals surface area contributed by atoms with Gasteiger partial charge in [-0.05, 0) is 24.3 Å². The molecule has 0 aliphatic rings. The molecule has 136 valence electrons. The first-order valence-corrected chi connectivity index (χ1v) is 8.15. The van der Waals surface area contributed by atoms with Gasteiger partial charge in [0.05, 0.1) is 44.1 Å². The van der Waals surface area contributed by atoms with Crippen LogP contribution >= 0.6 is 11.6 Å². The molecule has 2 aromatic carbocycles. The van der Waals surface area contributed by atoms with Gasteiger partial charge in [-0.15, -0.1) is 0 Å². The highest BCUT2D eigenvalue weighted by Crippen LogP contribution is 2.42. The predicted octanol–water partition coefficient (Wildman–Crippen LogP) is 4.57. The first-order chi connectivity index (χ1) is 12.5. The van der Waals surface area contributed by atoms with Gasteiger partial charge in [0.1, 0.15) is 5.82 Å². The van der Waals surface area contributed by atoms with Gasteiger partial charge < -0.3 is 18.8 Å². The molecular formula is C19H18ClFN2O3. The number of rotatable bonds is 5. The van der Waals surface area contributed by atoms with Gasteiger partial charge in [0.25, 0.3) is 0 Å². The first kappa shape index (κ1) is 18.1. The van der Waals surface area contributed by atoms with Crippen LogP contribution in [-0.2, 0) is 7.05 Å². The van der Waals surface area contributed by atoms with Crippen LogP contribution in [0.3, 0.4) is 0 Å². The van der Waals surface area contributed by atoms with Gasteiger partial charge in [-0.25, -0.2) is 9.37 Å². The number of imidazole rings is 1. The van der Waals surface area contributed by atoms with Crippen LogP contribution in [0.4, 0.5) is 4.39 Å². The zero-order valence-corrected chi connectivity index (χ0v) is 15.6. The summed E-state index contributed by atoms with van der Waals surface area (Å²) in [5.74, 6) is 1.04. The Bertz CT molecular complexity index is 931. The van der Waals surface area contributed by atoms with E-state index in [9.17, 15) is 4.39 Å². The first-order valence-electron chi connectivity index (χ1n) is 7.77. The molecule has 0 N–H and O–H groups in total. The normalized spacial score (nSPS) is 10.7. The molecule has 0 amide bonds. The molecule has 3 aromatic rings. The average molecular weight is 377 g/mol. The van der Waals surface area contributed by atoms with Gasteiger partial charge in [-0.2, -0.15) is 0 Å². The van der Waals surface area contributed by atoms with Crippen LogP contribution in [0.1, 0.15) is 0 Å². The predicted molar refractivity (Wildman–Crippen MR) is 98.7 cm³/mol. The zero-order chi connectivity index (χ0) is 18.8. The van der Waals surface area contributed by atoms with E-state index in [1.807, 2.05) is 11.6 Å². The summed E-state index contributed by atoms with van der Waals surface area (Å²) in [5.41, 5.74) is 2.82. The SMILES string of the molecule is COc1cc(-c2ncn(C)c2-c2ccc(Cl)c(F)c2)cc(OC)c1OC. The minimum atomic E-state index is -0.485. The Balaban J connectivity index is 2.21. The van der Waals surface area contributed by atoms with Crippen LogP contribution in [0.2, 0.25) is 5.02 Å². The molecule has 0 aliphatic carbocycles. The van der Waals surface area contributed by atoms with E-state index in [1.165, 1.54) is 12.1 Å². The maximum absolute atomic E-state index is 14.0. The molecule has 0 atom stereocenters. The summed E-state index contributed by atoms with van der Waals surface area (Å²) in [6, 6.07) is 8.28. The molecule has 26 heavy (non-hydrogen) atoms.